The Bertz CT molecular complexity index is 641. The molecule has 0 aliphatic rings. The molecule has 0 saturated heterocycles. The fraction of sp³-hybridized carbons (Fsp3) is 0.0714. The smallest absolute Gasteiger partial charge is 0.137 e. The molecule has 2 heterocycles. The molecule has 3 nitrogen and oxygen atoms in total. The van der Waals surface area contributed by atoms with Crippen LogP contribution in [0.4, 0.5) is 5.69 Å². The van der Waals surface area contributed by atoms with E-state index in [1.807, 2.05) is 31.4 Å². The second-order valence-corrected chi connectivity index (χ2v) is 4.90. The summed E-state index contributed by atoms with van der Waals surface area (Å²) in [5, 5.41) is 5.20. The number of hydrogen-bond donors (Lipinski definition) is 2. The number of aromatic amines is 1. The molecule has 0 fully saturated rings. The van der Waals surface area contributed by atoms with Crippen LogP contribution in [0.5, 0.6) is 0 Å². The summed E-state index contributed by atoms with van der Waals surface area (Å²) >= 11 is 1.71. The van der Waals surface area contributed by atoms with Crippen LogP contribution in [0.2, 0.25) is 0 Å². The Morgan fingerprint density at radius 2 is 2.17 bits per heavy atom. The van der Waals surface area contributed by atoms with Crippen LogP contribution in [0.3, 0.4) is 0 Å². The molecule has 0 spiro atoms. The predicted molar refractivity (Wildman–Crippen MR) is 76.9 cm³/mol. The summed E-state index contributed by atoms with van der Waals surface area (Å²) in [5.41, 5.74) is 3.24. The van der Waals surface area contributed by atoms with Gasteiger partial charge in [-0.1, -0.05) is 18.2 Å². The first kappa shape index (κ1) is 11.0. The van der Waals surface area contributed by atoms with Crippen molar-refractivity contribution < 1.29 is 0 Å². The van der Waals surface area contributed by atoms with Crippen molar-refractivity contribution in [3.63, 3.8) is 0 Å². The highest BCUT2D eigenvalue weighted by Crippen LogP contribution is 2.26. The fourth-order valence-electron chi connectivity index (χ4n) is 1.85. The topological polar surface area (TPSA) is 40.7 Å². The van der Waals surface area contributed by atoms with Crippen molar-refractivity contribution in [2.24, 2.45) is 0 Å². The number of aromatic nitrogens is 2. The summed E-state index contributed by atoms with van der Waals surface area (Å²) in [5.74, 6) is 0.899. The highest BCUT2D eigenvalue weighted by molar-refractivity contribution is 7.13. The lowest BCUT2D eigenvalue weighted by Crippen LogP contribution is -1.88. The van der Waals surface area contributed by atoms with E-state index >= 15 is 0 Å². The van der Waals surface area contributed by atoms with Crippen LogP contribution in [0.15, 0.2) is 48.0 Å². The number of nitrogens with zero attached hydrogens (tertiary/aromatic N) is 1. The van der Waals surface area contributed by atoms with Gasteiger partial charge in [0.25, 0.3) is 0 Å². The number of rotatable bonds is 3. The molecule has 1 aromatic carbocycles. The average molecular weight is 255 g/mol. The third-order valence-electron chi connectivity index (χ3n) is 2.79. The van der Waals surface area contributed by atoms with Crippen LogP contribution in [0.25, 0.3) is 22.0 Å². The Balaban J connectivity index is 1.97. The van der Waals surface area contributed by atoms with Crippen molar-refractivity contribution >= 4 is 17.0 Å². The van der Waals surface area contributed by atoms with Gasteiger partial charge in [0.1, 0.15) is 5.82 Å². The van der Waals surface area contributed by atoms with E-state index in [9.17, 15) is 0 Å². The van der Waals surface area contributed by atoms with E-state index in [-0.39, 0.29) is 0 Å². The summed E-state index contributed by atoms with van der Waals surface area (Å²) in [6.45, 7) is 0. The molecule has 2 N–H and O–H groups in total. The first-order chi connectivity index (χ1) is 8.86. The Kier molecular flexibility index (Phi) is 2.86. The Morgan fingerprint density at radius 1 is 1.22 bits per heavy atom. The quantitative estimate of drug-likeness (QED) is 0.746. The second-order valence-electron chi connectivity index (χ2n) is 3.95. The van der Waals surface area contributed by atoms with Crippen molar-refractivity contribution in [2.45, 2.75) is 0 Å². The molecular formula is C14H13N3S. The number of anilines is 1. The molecule has 4 heteroatoms. The van der Waals surface area contributed by atoms with Crippen LogP contribution >= 0.6 is 11.3 Å². The van der Waals surface area contributed by atoms with Gasteiger partial charge in [-0.05, 0) is 23.6 Å². The molecule has 0 aliphatic carbocycles. The molecular weight excluding hydrogens is 242 g/mol. The standard InChI is InChI=1S/C14H13N3S/c1-15-11-5-2-4-10(8-11)14-16-9-12(17-14)13-6-3-7-18-13/h2-9,15H,1H3,(H,16,17). The van der Waals surface area contributed by atoms with Gasteiger partial charge in [0.15, 0.2) is 0 Å². The van der Waals surface area contributed by atoms with Gasteiger partial charge >= 0.3 is 0 Å². The van der Waals surface area contributed by atoms with Crippen molar-refractivity contribution in [3.05, 3.63) is 48.0 Å². The van der Waals surface area contributed by atoms with Crippen molar-refractivity contribution in [3.8, 4) is 22.0 Å². The third-order valence-corrected chi connectivity index (χ3v) is 3.69. The molecule has 2 aromatic heterocycles. The monoisotopic (exact) mass is 255 g/mol. The molecule has 0 amide bonds. The number of hydrogen-bond acceptors (Lipinski definition) is 3. The molecule has 18 heavy (non-hydrogen) atoms. The summed E-state index contributed by atoms with van der Waals surface area (Å²) in [6, 6.07) is 12.3. The van der Waals surface area contributed by atoms with E-state index in [1.54, 1.807) is 11.3 Å². The Hall–Kier alpha value is -2.07. The van der Waals surface area contributed by atoms with Gasteiger partial charge in [0.05, 0.1) is 16.8 Å². The molecule has 0 aliphatic heterocycles. The van der Waals surface area contributed by atoms with E-state index in [0.717, 1.165) is 22.8 Å². The third kappa shape index (κ3) is 2.02. The molecule has 0 bridgehead atoms. The van der Waals surface area contributed by atoms with Crippen molar-refractivity contribution in [1.29, 1.82) is 0 Å². The second kappa shape index (κ2) is 4.66. The number of thiophene rings is 1. The van der Waals surface area contributed by atoms with E-state index < -0.39 is 0 Å². The lowest BCUT2D eigenvalue weighted by Gasteiger charge is -2.01. The van der Waals surface area contributed by atoms with Crippen LogP contribution in [-0.2, 0) is 0 Å². The first-order valence-electron chi connectivity index (χ1n) is 5.74. The first-order valence-corrected chi connectivity index (χ1v) is 6.62. The minimum absolute atomic E-state index is 0.899. The van der Waals surface area contributed by atoms with Gasteiger partial charge in [0.2, 0.25) is 0 Å². The van der Waals surface area contributed by atoms with Crippen LogP contribution in [0.1, 0.15) is 0 Å². The lowest BCUT2D eigenvalue weighted by atomic mass is 10.2. The number of nitrogens with one attached hydrogen (secondary N) is 2. The van der Waals surface area contributed by atoms with E-state index in [1.165, 1.54) is 4.88 Å². The zero-order valence-corrected chi connectivity index (χ0v) is 10.8. The molecule has 0 atom stereocenters. The lowest BCUT2D eigenvalue weighted by molar-refractivity contribution is 1.31. The van der Waals surface area contributed by atoms with Gasteiger partial charge in [-0.3, -0.25) is 0 Å². The number of imidazole rings is 1. The zero-order valence-electron chi connectivity index (χ0n) is 9.97. The van der Waals surface area contributed by atoms with Gasteiger partial charge in [0, 0.05) is 18.3 Å². The maximum Gasteiger partial charge on any atom is 0.137 e. The fourth-order valence-corrected chi connectivity index (χ4v) is 2.54. The highest BCUT2D eigenvalue weighted by Gasteiger charge is 2.06. The van der Waals surface area contributed by atoms with Crippen molar-refractivity contribution in [1.82, 2.24) is 9.97 Å². The SMILES string of the molecule is CNc1cccc(-c2ncc(-c3cccs3)[nH]2)c1. The van der Waals surface area contributed by atoms with Gasteiger partial charge in [-0.15, -0.1) is 11.3 Å². The minimum atomic E-state index is 0.899. The summed E-state index contributed by atoms with van der Waals surface area (Å²) in [7, 11) is 1.92. The molecule has 3 aromatic rings. The molecule has 3 rings (SSSR count). The molecule has 0 saturated carbocycles. The van der Waals surface area contributed by atoms with E-state index in [0.29, 0.717) is 0 Å². The van der Waals surface area contributed by atoms with Crippen LogP contribution in [0, 0.1) is 0 Å². The number of benzene rings is 1. The molecule has 90 valence electrons. The highest BCUT2D eigenvalue weighted by atomic mass is 32.1. The van der Waals surface area contributed by atoms with Gasteiger partial charge < -0.3 is 10.3 Å². The van der Waals surface area contributed by atoms with Gasteiger partial charge in [-0.2, -0.15) is 0 Å². The van der Waals surface area contributed by atoms with E-state index in [4.69, 9.17) is 0 Å². The average Bonchev–Trinajstić information content (AvgIpc) is 3.09. The Labute approximate surface area is 110 Å². The number of H-pyrrole nitrogens is 1. The minimum Gasteiger partial charge on any atom is -0.388 e. The van der Waals surface area contributed by atoms with Gasteiger partial charge in [-0.25, -0.2) is 4.98 Å². The summed E-state index contributed by atoms with van der Waals surface area (Å²) < 4.78 is 0. The normalized spacial score (nSPS) is 10.5. The Morgan fingerprint density at radius 3 is 2.94 bits per heavy atom. The summed E-state index contributed by atoms with van der Waals surface area (Å²) in [6.07, 6.45) is 1.88. The maximum absolute atomic E-state index is 4.44. The molecule has 0 unspecified atom stereocenters. The van der Waals surface area contributed by atoms with Crippen LogP contribution < -0.4 is 5.32 Å². The molecule has 0 radical (unpaired) electrons. The zero-order chi connectivity index (χ0) is 12.4. The van der Waals surface area contributed by atoms with Crippen molar-refractivity contribution in [2.75, 3.05) is 12.4 Å². The summed E-state index contributed by atoms with van der Waals surface area (Å²) in [4.78, 5) is 9.00. The maximum atomic E-state index is 4.44. The van der Waals surface area contributed by atoms with E-state index in [2.05, 4.69) is 38.9 Å². The largest absolute Gasteiger partial charge is 0.388 e. The van der Waals surface area contributed by atoms with Crippen LogP contribution in [-0.4, -0.2) is 17.0 Å². The predicted octanol–water partition coefficient (Wildman–Crippen LogP) is 3.85.